The molecular weight excluding hydrogens is 396 g/mol. The SMILES string of the molecule is O=[N+]([O-])c1cc(Br)cc(CNCc2cc(Br)cs2)c1. The predicted molar refractivity (Wildman–Crippen MR) is 83.4 cm³/mol. The lowest BCUT2D eigenvalue weighted by molar-refractivity contribution is -0.385. The van der Waals surface area contributed by atoms with E-state index >= 15 is 0 Å². The van der Waals surface area contributed by atoms with E-state index in [0.29, 0.717) is 6.54 Å². The van der Waals surface area contributed by atoms with Crippen LogP contribution in [0.2, 0.25) is 0 Å². The number of nitrogens with one attached hydrogen (secondary N) is 1. The average Bonchev–Trinajstić information content (AvgIpc) is 2.74. The van der Waals surface area contributed by atoms with E-state index in [9.17, 15) is 10.1 Å². The molecule has 0 atom stereocenters. The fraction of sp³-hybridized carbons (Fsp3) is 0.167. The van der Waals surface area contributed by atoms with Crippen LogP contribution in [0.3, 0.4) is 0 Å². The van der Waals surface area contributed by atoms with Crippen LogP contribution in [0.25, 0.3) is 0 Å². The number of non-ortho nitro benzene ring substituents is 1. The van der Waals surface area contributed by atoms with E-state index < -0.39 is 0 Å². The zero-order valence-corrected chi connectivity index (χ0v) is 13.7. The maximum Gasteiger partial charge on any atom is 0.270 e. The Kier molecular flexibility index (Phi) is 5.09. The highest BCUT2D eigenvalue weighted by atomic mass is 79.9. The zero-order valence-electron chi connectivity index (χ0n) is 9.73. The van der Waals surface area contributed by atoms with Crippen molar-refractivity contribution in [2.75, 3.05) is 0 Å². The smallest absolute Gasteiger partial charge is 0.270 e. The fourth-order valence-corrected chi connectivity index (χ4v) is 3.57. The number of nitrogens with zero attached hydrogens (tertiary/aromatic N) is 1. The van der Waals surface area contributed by atoms with Gasteiger partial charge < -0.3 is 5.32 Å². The lowest BCUT2D eigenvalue weighted by atomic mass is 10.2. The number of halogens is 2. The Morgan fingerprint density at radius 3 is 2.58 bits per heavy atom. The summed E-state index contributed by atoms with van der Waals surface area (Å²) in [7, 11) is 0. The third-order valence-corrected chi connectivity index (χ3v) is 4.56. The van der Waals surface area contributed by atoms with Crippen molar-refractivity contribution >= 4 is 48.9 Å². The van der Waals surface area contributed by atoms with Gasteiger partial charge in [0.15, 0.2) is 0 Å². The van der Waals surface area contributed by atoms with Gasteiger partial charge in [-0.25, -0.2) is 0 Å². The van der Waals surface area contributed by atoms with Gasteiger partial charge in [-0.2, -0.15) is 0 Å². The highest BCUT2D eigenvalue weighted by Crippen LogP contribution is 2.22. The molecule has 0 saturated heterocycles. The molecule has 1 N–H and O–H groups in total. The molecule has 1 aromatic heterocycles. The molecule has 7 heteroatoms. The van der Waals surface area contributed by atoms with Gasteiger partial charge in [-0.05, 0) is 33.6 Å². The van der Waals surface area contributed by atoms with Gasteiger partial charge in [0.2, 0.25) is 0 Å². The Morgan fingerprint density at radius 2 is 1.95 bits per heavy atom. The van der Waals surface area contributed by atoms with Crippen molar-refractivity contribution in [3.05, 3.63) is 59.1 Å². The molecule has 0 spiro atoms. The molecule has 100 valence electrons. The van der Waals surface area contributed by atoms with E-state index in [-0.39, 0.29) is 10.6 Å². The van der Waals surface area contributed by atoms with Gasteiger partial charge in [0, 0.05) is 44.4 Å². The van der Waals surface area contributed by atoms with Crippen LogP contribution in [0.15, 0.2) is 38.6 Å². The van der Waals surface area contributed by atoms with Crippen molar-refractivity contribution < 1.29 is 4.92 Å². The first kappa shape index (κ1) is 14.6. The topological polar surface area (TPSA) is 55.2 Å². The Balaban J connectivity index is 1.97. The van der Waals surface area contributed by atoms with Crippen molar-refractivity contribution in [3.63, 3.8) is 0 Å². The molecule has 0 aliphatic rings. The van der Waals surface area contributed by atoms with Crippen LogP contribution in [0, 0.1) is 10.1 Å². The summed E-state index contributed by atoms with van der Waals surface area (Å²) in [4.78, 5) is 11.6. The van der Waals surface area contributed by atoms with Crippen LogP contribution in [0.4, 0.5) is 5.69 Å². The lowest BCUT2D eigenvalue weighted by Gasteiger charge is -2.04. The molecule has 0 aliphatic carbocycles. The molecule has 0 fully saturated rings. The van der Waals surface area contributed by atoms with Crippen LogP contribution in [0.5, 0.6) is 0 Å². The fourth-order valence-electron chi connectivity index (χ4n) is 1.62. The largest absolute Gasteiger partial charge is 0.308 e. The molecule has 2 rings (SSSR count). The van der Waals surface area contributed by atoms with E-state index in [2.05, 4.69) is 43.2 Å². The molecule has 0 saturated carbocycles. The second kappa shape index (κ2) is 6.60. The summed E-state index contributed by atoms with van der Waals surface area (Å²) in [6.07, 6.45) is 0. The van der Waals surface area contributed by atoms with Crippen molar-refractivity contribution in [1.82, 2.24) is 5.32 Å². The summed E-state index contributed by atoms with van der Waals surface area (Å²) in [5, 5.41) is 16.1. The molecule has 4 nitrogen and oxygen atoms in total. The molecule has 2 aromatic rings. The maximum atomic E-state index is 10.8. The Labute approximate surface area is 131 Å². The number of nitro groups is 1. The molecule has 0 radical (unpaired) electrons. The minimum absolute atomic E-state index is 0.102. The first-order chi connectivity index (χ1) is 9.04. The standard InChI is InChI=1S/C12H10Br2N2O2S/c13-9-1-8(2-11(3-9)16(17)18)5-15-6-12-4-10(14)7-19-12/h1-4,7,15H,5-6H2. The maximum absolute atomic E-state index is 10.8. The number of thiophene rings is 1. The normalized spacial score (nSPS) is 10.6. The number of hydrogen-bond acceptors (Lipinski definition) is 4. The van der Waals surface area contributed by atoms with Gasteiger partial charge >= 0.3 is 0 Å². The summed E-state index contributed by atoms with van der Waals surface area (Å²) in [5.41, 5.74) is 0.988. The van der Waals surface area contributed by atoms with E-state index in [1.807, 2.05) is 11.4 Å². The summed E-state index contributed by atoms with van der Waals surface area (Å²) in [5.74, 6) is 0. The minimum atomic E-state index is -0.384. The van der Waals surface area contributed by atoms with Crippen LogP contribution in [-0.4, -0.2) is 4.92 Å². The number of nitro benzene ring substituents is 1. The van der Waals surface area contributed by atoms with Crippen LogP contribution >= 0.6 is 43.2 Å². The second-order valence-corrected chi connectivity index (χ2v) is 6.74. The van der Waals surface area contributed by atoms with Gasteiger partial charge in [0.05, 0.1) is 4.92 Å². The summed E-state index contributed by atoms with van der Waals surface area (Å²) < 4.78 is 1.80. The van der Waals surface area contributed by atoms with E-state index in [1.54, 1.807) is 17.4 Å². The lowest BCUT2D eigenvalue weighted by Crippen LogP contribution is -2.11. The van der Waals surface area contributed by atoms with Crippen LogP contribution in [0.1, 0.15) is 10.4 Å². The first-order valence-corrected chi connectivity index (χ1v) is 7.88. The molecule has 0 bridgehead atoms. The third kappa shape index (κ3) is 4.38. The van der Waals surface area contributed by atoms with Gasteiger partial charge in [-0.15, -0.1) is 11.3 Å². The average molecular weight is 406 g/mol. The summed E-state index contributed by atoms with van der Waals surface area (Å²) >= 11 is 8.36. The highest BCUT2D eigenvalue weighted by molar-refractivity contribution is 9.10. The van der Waals surface area contributed by atoms with Crippen molar-refractivity contribution in [2.45, 2.75) is 13.1 Å². The second-order valence-electron chi connectivity index (χ2n) is 3.91. The quantitative estimate of drug-likeness (QED) is 0.589. The Bertz CT molecular complexity index is 601. The van der Waals surface area contributed by atoms with Gasteiger partial charge in [-0.1, -0.05) is 15.9 Å². The number of benzene rings is 1. The van der Waals surface area contributed by atoms with Crippen LogP contribution < -0.4 is 5.32 Å². The third-order valence-electron chi connectivity index (χ3n) is 2.40. The van der Waals surface area contributed by atoms with E-state index in [4.69, 9.17) is 0 Å². The molecular formula is C12H10Br2N2O2S. The van der Waals surface area contributed by atoms with Gasteiger partial charge in [-0.3, -0.25) is 10.1 Å². The molecule has 0 amide bonds. The van der Waals surface area contributed by atoms with Crippen molar-refractivity contribution in [1.29, 1.82) is 0 Å². The summed E-state index contributed by atoms with van der Waals surface area (Å²) in [6, 6.07) is 7.02. The van der Waals surface area contributed by atoms with Crippen molar-refractivity contribution in [3.8, 4) is 0 Å². The predicted octanol–water partition coefficient (Wildman–Crippen LogP) is 4.47. The van der Waals surface area contributed by atoms with Gasteiger partial charge in [0.25, 0.3) is 5.69 Å². The highest BCUT2D eigenvalue weighted by Gasteiger charge is 2.08. The zero-order chi connectivity index (χ0) is 13.8. The summed E-state index contributed by atoms with van der Waals surface area (Å²) in [6.45, 7) is 1.34. The molecule has 0 unspecified atom stereocenters. The molecule has 1 aromatic carbocycles. The monoisotopic (exact) mass is 404 g/mol. The van der Waals surface area contributed by atoms with Crippen LogP contribution in [-0.2, 0) is 13.1 Å². The van der Waals surface area contributed by atoms with E-state index in [1.165, 1.54) is 10.9 Å². The Hall–Kier alpha value is -0.760. The van der Waals surface area contributed by atoms with Crippen molar-refractivity contribution in [2.24, 2.45) is 0 Å². The first-order valence-electron chi connectivity index (χ1n) is 5.42. The van der Waals surface area contributed by atoms with Gasteiger partial charge in [0.1, 0.15) is 0 Å². The minimum Gasteiger partial charge on any atom is -0.308 e. The van der Waals surface area contributed by atoms with E-state index in [0.717, 1.165) is 21.1 Å². The Morgan fingerprint density at radius 1 is 1.16 bits per heavy atom. The molecule has 1 heterocycles. The number of hydrogen-bond donors (Lipinski definition) is 1. The molecule has 0 aliphatic heterocycles. The molecule has 19 heavy (non-hydrogen) atoms. The number of rotatable bonds is 5.